The molecule has 3 atom stereocenters. The maximum absolute atomic E-state index is 14.1. The number of nitrogens with zero attached hydrogens (tertiary/aromatic N) is 1. The van der Waals surface area contributed by atoms with E-state index in [1.165, 1.54) is 7.11 Å². The van der Waals surface area contributed by atoms with Gasteiger partial charge in [-0.1, -0.05) is 74.4 Å². The van der Waals surface area contributed by atoms with Crippen molar-refractivity contribution in [3.05, 3.63) is 95.1 Å². The second-order valence-corrected chi connectivity index (χ2v) is 10.9. The number of carbonyl (C=O) groups is 4. The number of methoxy groups -OCH3 is 1. The maximum Gasteiger partial charge on any atom is 0.329 e. The van der Waals surface area contributed by atoms with E-state index in [1.807, 2.05) is 55.5 Å². The van der Waals surface area contributed by atoms with Crippen LogP contribution in [0, 0.1) is 11.8 Å². The van der Waals surface area contributed by atoms with Crippen LogP contribution in [0.2, 0.25) is 0 Å². The van der Waals surface area contributed by atoms with Crippen LogP contribution >= 0.6 is 0 Å². The van der Waals surface area contributed by atoms with E-state index in [9.17, 15) is 19.2 Å². The van der Waals surface area contributed by atoms with Crippen molar-refractivity contribution in [2.75, 3.05) is 19.0 Å². The molecule has 1 heterocycles. The molecule has 7 rings (SSSR count). The number of imide groups is 1. The Labute approximate surface area is 238 Å². The third kappa shape index (κ3) is 4.47. The molecule has 3 aromatic carbocycles. The molecule has 0 aromatic heterocycles. The average molecular weight is 553 g/mol. The predicted molar refractivity (Wildman–Crippen MR) is 151 cm³/mol. The molecule has 0 spiro atoms. The SMILES string of the molecule is CCCC[C@H](C(=O)OCC(=O)Nc1cccc(OC)c1)N1C(=O)[C@@H]2C3c4ccccc4C(c4ccccc43)[C@H]2C1=O. The van der Waals surface area contributed by atoms with Crippen molar-refractivity contribution in [2.45, 2.75) is 44.1 Å². The lowest BCUT2D eigenvalue weighted by Crippen LogP contribution is -2.47. The first-order chi connectivity index (χ1) is 19.9. The van der Waals surface area contributed by atoms with Crippen LogP contribution in [-0.4, -0.2) is 48.3 Å². The fourth-order valence-electron chi connectivity index (χ4n) is 6.89. The summed E-state index contributed by atoms with van der Waals surface area (Å²) in [5.41, 5.74) is 4.78. The minimum absolute atomic E-state index is 0.254. The molecule has 0 saturated carbocycles. The van der Waals surface area contributed by atoms with E-state index in [-0.39, 0.29) is 30.1 Å². The first-order valence-corrected chi connectivity index (χ1v) is 14.1. The summed E-state index contributed by atoms with van der Waals surface area (Å²) in [5, 5.41) is 2.68. The highest BCUT2D eigenvalue weighted by Gasteiger charge is 2.63. The van der Waals surface area contributed by atoms with Gasteiger partial charge in [-0.05, 0) is 40.8 Å². The van der Waals surface area contributed by atoms with Crippen LogP contribution in [0.25, 0.3) is 0 Å². The number of unbranched alkanes of at least 4 members (excludes halogenated alkanes) is 1. The second kappa shape index (κ2) is 10.8. The van der Waals surface area contributed by atoms with Crippen LogP contribution in [0.3, 0.4) is 0 Å². The molecule has 1 N–H and O–H groups in total. The van der Waals surface area contributed by atoms with E-state index in [1.54, 1.807) is 24.3 Å². The molecule has 3 amide bonds. The van der Waals surface area contributed by atoms with Crippen LogP contribution in [0.1, 0.15) is 60.3 Å². The second-order valence-electron chi connectivity index (χ2n) is 10.9. The van der Waals surface area contributed by atoms with Gasteiger partial charge in [0.05, 0.1) is 18.9 Å². The number of benzene rings is 3. The Morgan fingerprint density at radius 3 is 1.93 bits per heavy atom. The quantitative estimate of drug-likeness (QED) is 0.307. The zero-order chi connectivity index (χ0) is 28.7. The van der Waals surface area contributed by atoms with Crippen molar-refractivity contribution in [1.29, 1.82) is 0 Å². The summed E-state index contributed by atoms with van der Waals surface area (Å²) in [4.78, 5) is 55.4. The van der Waals surface area contributed by atoms with Gasteiger partial charge in [0.1, 0.15) is 11.8 Å². The van der Waals surface area contributed by atoms with Gasteiger partial charge in [0.25, 0.3) is 5.91 Å². The molecular formula is C33H32N2O6. The highest BCUT2D eigenvalue weighted by Crippen LogP contribution is 2.61. The molecule has 1 aliphatic heterocycles. The minimum Gasteiger partial charge on any atom is -0.497 e. The summed E-state index contributed by atoms with van der Waals surface area (Å²) < 4.78 is 10.6. The molecule has 41 heavy (non-hydrogen) atoms. The molecule has 0 unspecified atom stereocenters. The normalized spacial score (nSPS) is 22.4. The van der Waals surface area contributed by atoms with Gasteiger partial charge in [-0.25, -0.2) is 4.79 Å². The summed E-state index contributed by atoms with van der Waals surface area (Å²) in [6.45, 7) is 1.44. The van der Waals surface area contributed by atoms with Gasteiger partial charge in [0.15, 0.2) is 6.61 Å². The van der Waals surface area contributed by atoms with E-state index in [4.69, 9.17) is 9.47 Å². The smallest absolute Gasteiger partial charge is 0.329 e. The van der Waals surface area contributed by atoms with Crippen LogP contribution < -0.4 is 10.1 Å². The van der Waals surface area contributed by atoms with E-state index in [2.05, 4.69) is 5.32 Å². The van der Waals surface area contributed by atoms with Gasteiger partial charge in [-0.3, -0.25) is 19.3 Å². The van der Waals surface area contributed by atoms with Gasteiger partial charge in [0, 0.05) is 23.6 Å². The first kappa shape index (κ1) is 26.7. The lowest BCUT2D eigenvalue weighted by atomic mass is 9.55. The Bertz CT molecular complexity index is 1420. The summed E-state index contributed by atoms with van der Waals surface area (Å²) in [5.74, 6) is -3.04. The summed E-state index contributed by atoms with van der Waals surface area (Å²) in [6, 6.07) is 21.8. The van der Waals surface area contributed by atoms with Gasteiger partial charge in [-0.2, -0.15) is 0 Å². The lowest BCUT2D eigenvalue weighted by molar-refractivity contribution is -0.160. The van der Waals surface area contributed by atoms with Crippen molar-refractivity contribution in [3.63, 3.8) is 0 Å². The minimum atomic E-state index is -1.09. The van der Waals surface area contributed by atoms with Crippen molar-refractivity contribution >= 4 is 29.4 Å². The number of anilines is 1. The number of nitrogens with one attached hydrogen (secondary N) is 1. The lowest BCUT2D eigenvalue weighted by Gasteiger charge is -2.45. The largest absolute Gasteiger partial charge is 0.497 e. The molecule has 210 valence electrons. The van der Waals surface area contributed by atoms with Crippen molar-refractivity contribution in [1.82, 2.24) is 4.90 Å². The third-order valence-corrected chi connectivity index (χ3v) is 8.60. The molecule has 2 bridgehead atoms. The fraction of sp³-hybridized carbons (Fsp3) is 0.333. The molecule has 3 aliphatic carbocycles. The highest BCUT2D eigenvalue weighted by atomic mass is 16.5. The number of amides is 3. The van der Waals surface area contributed by atoms with Gasteiger partial charge < -0.3 is 14.8 Å². The van der Waals surface area contributed by atoms with Gasteiger partial charge >= 0.3 is 5.97 Å². The number of esters is 1. The molecular weight excluding hydrogens is 520 g/mol. The topological polar surface area (TPSA) is 102 Å². The standard InChI is InChI=1S/C33H32N2O6/c1-3-4-16-25(33(39)41-18-26(36)34-19-10-9-11-20(17-19)40-2)35-31(37)29-27-21-12-5-6-13-22(21)28(30(29)32(35)38)24-15-8-7-14-23(24)27/h5-15,17,25,27-30H,3-4,16,18H2,1-2H3,(H,34,36)/t25-,27?,28?,29-,30-/m1/s1. The average Bonchev–Trinajstić information content (AvgIpc) is 3.26. The Morgan fingerprint density at radius 2 is 1.41 bits per heavy atom. The highest BCUT2D eigenvalue weighted by molar-refractivity contribution is 6.10. The molecule has 0 radical (unpaired) electrons. The molecule has 1 fully saturated rings. The zero-order valence-electron chi connectivity index (χ0n) is 23.0. The number of hydrogen-bond donors (Lipinski definition) is 1. The van der Waals surface area contributed by atoms with Crippen LogP contribution in [0.5, 0.6) is 5.75 Å². The predicted octanol–water partition coefficient (Wildman–Crippen LogP) is 4.63. The third-order valence-electron chi connectivity index (χ3n) is 8.60. The molecule has 8 heteroatoms. The number of ether oxygens (including phenoxy) is 2. The van der Waals surface area contributed by atoms with Crippen molar-refractivity contribution < 1.29 is 28.7 Å². The van der Waals surface area contributed by atoms with Gasteiger partial charge in [-0.15, -0.1) is 0 Å². The number of carbonyl (C=O) groups excluding carboxylic acids is 4. The zero-order valence-corrected chi connectivity index (χ0v) is 23.0. The Balaban J connectivity index is 1.25. The summed E-state index contributed by atoms with van der Waals surface area (Å²) in [6.07, 6.45) is 1.67. The Hall–Kier alpha value is -4.46. The maximum atomic E-state index is 14.1. The van der Waals surface area contributed by atoms with Crippen LogP contribution in [0.4, 0.5) is 5.69 Å². The Kier molecular flexibility index (Phi) is 7.07. The van der Waals surface area contributed by atoms with Crippen molar-refractivity contribution in [3.8, 4) is 5.75 Å². The molecule has 1 saturated heterocycles. The van der Waals surface area contributed by atoms with E-state index < -0.39 is 36.4 Å². The summed E-state index contributed by atoms with van der Waals surface area (Å²) >= 11 is 0. The summed E-state index contributed by atoms with van der Waals surface area (Å²) in [7, 11) is 1.53. The molecule has 3 aromatic rings. The Morgan fingerprint density at radius 1 is 0.854 bits per heavy atom. The van der Waals surface area contributed by atoms with Crippen LogP contribution in [-0.2, 0) is 23.9 Å². The van der Waals surface area contributed by atoms with Crippen molar-refractivity contribution in [2.24, 2.45) is 11.8 Å². The molecule has 8 nitrogen and oxygen atoms in total. The van der Waals surface area contributed by atoms with E-state index in [0.29, 0.717) is 17.9 Å². The number of likely N-dealkylation sites (tertiary alicyclic amines) is 1. The van der Waals surface area contributed by atoms with E-state index >= 15 is 0 Å². The fourth-order valence-corrected chi connectivity index (χ4v) is 6.89. The molecule has 4 aliphatic rings. The number of hydrogen-bond acceptors (Lipinski definition) is 6. The monoisotopic (exact) mass is 552 g/mol. The first-order valence-electron chi connectivity index (χ1n) is 14.1. The van der Waals surface area contributed by atoms with E-state index in [0.717, 1.165) is 33.6 Å². The van der Waals surface area contributed by atoms with Crippen LogP contribution in [0.15, 0.2) is 72.8 Å². The number of rotatable bonds is 9. The van der Waals surface area contributed by atoms with Gasteiger partial charge in [0.2, 0.25) is 11.8 Å².